The Hall–Kier alpha value is -2.21. The first-order valence-electron chi connectivity index (χ1n) is 8.03. The first-order chi connectivity index (χ1) is 11.5. The van der Waals surface area contributed by atoms with Gasteiger partial charge in [-0.05, 0) is 18.2 Å². The van der Waals surface area contributed by atoms with Gasteiger partial charge in [0.2, 0.25) is 5.91 Å². The highest BCUT2D eigenvalue weighted by molar-refractivity contribution is 5.98. The van der Waals surface area contributed by atoms with Crippen LogP contribution in [0.15, 0.2) is 30.9 Å². The number of carbonyl (C=O) groups excluding carboxylic acids is 2. The van der Waals surface area contributed by atoms with Crippen LogP contribution in [0.25, 0.3) is 0 Å². The van der Waals surface area contributed by atoms with E-state index in [2.05, 4.69) is 11.5 Å². The van der Waals surface area contributed by atoms with E-state index in [1.54, 1.807) is 4.90 Å². The molecule has 0 spiro atoms. The van der Waals surface area contributed by atoms with Gasteiger partial charge in [0.1, 0.15) is 0 Å². The van der Waals surface area contributed by atoms with Crippen LogP contribution in [0, 0.1) is 5.82 Å². The number of benzene rings is 1. The second kappa shape index (κ2) is 8.59. The van der Waals surface area contributed by atoms with Crippen molar-refractivity contribution in [1.82, 2.24) is 9.80 Å². The van der Waals surface area contributed by atoms with E-state index >= 15 is 0 Å². The Morgan fingerprint density at radius 1 is 1.25 bits per heavy atom. The van der Waals surface area contributed by atoms with E-state index < -0.39 is 5.82 Å². The lowest BCUT2D eigenvalue weighted by molar-refractivity contribution is -0.132. The maximum atomic E-state index is 13.6. The van der Waals surface area contributed by atoms with Crippen molar-refractivity contribution < 1.29 is 18.7 Å². The third-order valence-electron chi connectivity index (χ3n) is 4.15. The quantitative estimate of drug-likeness (QED) is 0.566. The average Bonchev–Trinajstić information content (AvgIpc) is 2.60. The van der Waals surface area contributed by atoms with E-state index in [9.17, 15) is 14.0 Å². The number of halogens is 1. The molecule has 1 aromatic rings. The van der Waals surface area contributed by atoms with E-state index in [-0.39, 0.29) is 35.8 Å². The van der Waals surface area contributed by atoms with Crippen molar-refractivity contribution in [2.75, 3.05) is 39.8 Å². The predicted octanol–water partition coefficient (Wildman–Crippen LogP) is 2.13. The van der Waals surface area contributed by atoms with Crippen LogP contribution in [0.4, 0.5) is 4.39 Å². The molecule has 0 saturated carbocycles. The molecule has 0 radical (unpaired) electrons. The summed E-state index contributed by atoms with van der Waals surface area (Å²) in [4.78, 5) is 28.3. The van der Waals surface area contributed by atoms with E-state index in [1.165, 1.54) is 19.2 Å². The minimum atomic E-state index is -0.576. The molecule has 1 saturated heterocycles. The molecule has 24 heavy (non-hydrogen) atoms. The van der Waals surface area contributed by atoms with Crippen molar-refractivity contribution >= 4 is 11.7 Å². The molecule has 0 unspecified atom stereocenters. The molecular weight excluding hydrogens is 311 g/mol. The number of rotatable bonds is 7. The van der Waals surface area contributed by atoms with E-state index in [0.29, 0.717) is 13.1 Å². The fraction of sp³-hybridized carbons (Fsp3) is 0.444. The van der Waals surface area contributed by atoms with Crippen LogP contribution < -0.4 is 4.74 Å². The third kappa shape index (κ3) is 4.64. The number of nitrogens with zero attached hydrogens (tertiary/aromatic N) is 2. The molecule has 0 atom stereocenters. The molecule has 0 aliphatic carbocycles. The highest BCUT2D eigenvalue weighted by atomic mass is 19.1. The highest BCUT2D eigenvalue weighted by Crippen LogP contribution is 2.19. The zero-order chi connectivity index (χ0) is 17.5. The summed E-state index contributed by atoms with van der Waals surface area (Å²) in [5.74, 6) is -0.751. The molecule has 1 amide bonds. The average molecular weight is 334 g/mol. The van der Waals surface area contributed by atoms with Gasteiger partial charge < -0.3 is 9.64 Å². The summed E-state index contributed by atoms with van der Waals surface area (Å²) in [6.45, 7) is 7.49. The van der Waals surface area contributed by atoms with Crippen molar-refractivity contribution in [2.45, 2.75) is 12.8 Å². The van der Waals surface area contributed by atoms with Gasteiger partial charge in [-0.25, -0.2) is 4.39 Å². The summed E-state index contributed by atoms with van der Waals surface area (Å²) in [6.07, 6.45) is 2.08. The van der Waals surface area contributed by atoms with Crippen molar-refractivity contribution in [2.24, 2.45) is 0 Å². The lowest BCUT2D eigenvalue weighted by atomic mass is 10.1. The van der Waals surface area contributed by atoms with E-state index in [4.69, 9.17) is 4.74 Å². The number of ketones is 1. The maximum absolute atomic E-state index is 13.6. The number of amides is 1. The summed E-state index contributed by atoms with van der Waals surface area (Å²) in [5, 5.41) is 0. The number of Topliss-reactive ketones (excluding diaryl/α,β-unsaturated/α-hetero) is 1. The molecular formula is C18H23FN2O3. The normalized spacial score (nSPS) is 15.2. The van der Waals surface area contributed by atoms with Crippen LogP contribution >= 0.6 is 0 Å². The van der Waals surface area contributed by atoms with Gasteiger partial charge in [-0.3, -0.25) is 14.5 Å². The Labute approximate surface area is 141 Å². The lowest BCUT2D eigenvalue weighted by Crippen LogP contribution is -2.48. The first-order valence-corrected chi connectivity index (χ1v) is 8.03. The molecule has 5 nitrogen and oxygen atoms in total. The Balaban J connectivity index is 1.82. The maximum Gasteiger partial charge on any atom is 0.223 e. The molecule has 1 aromatic carbocycles. The molecule has 0 bridgehead atoms. The number of hydrogen-bond donors (Lipinski definition) is 0. The number of piperazine rings is 1. The van der Waals surface area contributed by atoms with E-state index in [0.717, 1.165) is 25.7 Å². The molecule has 6 heteroatoms. The minimum absolute atomic E-state index is 0.0319. The van der Waals surface area contributed by atoms with Crippen LogP contribution in [0.5, 0.6) is 5.75 Å². The lowest BCUT2D eigenvalue weighted by Gasteiger charge is -2.34. The second-order valence-electron chi connectivity index (χ2n) is 5.74. The zero-order valence-corrected chi connectivity index (χ0v) is 14.0. The number of carbonyl (C=O) groups is 2. The van der Waals surface area contributed by atoms with Gasteiger partial charge in [0, 0.05) is 51.1 Å². The molecule has 1 aliphatic heterocycles. The number of hydrogen-bond acceptors (Lipinski definition) is 4. The largest absolute Gasteiger partial charge is 0.494 e. The van der Waals surface area contributed by atoms with Crippen molar-refractivity contribution in [3.63, 3.8) is 0 Å². The van der Waals surface area contributed by atoms with Crippen molar-refractivity contribution in [1.29, 1.82) is 0 Å². The SMILES string of the molecule is C=CCN1CCN(C(=O)CCC(=O)c2ccc(OC)c(F)c2)CC1. The van der Waals surface area contributed by atoms with Gasteiger partial charge in [-0.2, -0.15) is 0 Å². The summed E-state index contributed by atoms with van der Waals surface area (Å²) in [7, 11) is 1.37. The number of methoxy groups -OCH3 is 1. The zero-order valence-electron chi connectivity index (χ0n) is 14.0. The van der Waals surface area contributed by atoms with Gasteiger partial charge >= 0.3 is 0 Å². The second-order valence-corrected chi connectivity index (χ2v) is 5.74. The van der Waals surface area contributed by atoms with Gasteiger partial charge in [0.25, 0.3) is 0 Å². The Kier molecular flexibility index (Phi) is 6.49. The molecule has 1 aliphatic rings. The van der Waals surface area contributed by atoms with Crippen molar-refractivity contribution in [3.8, 4) is 5.75 Å². The molecule has 2 rings (SSSR count). The Bertz CT molecular complexity index is 610. The monoisotopic (exact) mass is 334 g/mol. The topological polar surface area (TPSA) is 49.9 Å². The predicted molar refractivity (Wildman–Crippen MR) is 89.7 cm³/mol. The summed E-state index contributed by atoms with van der Waals surface area (Å²) in [5.41, 5.74) is 0.261. The summed E-state index contributed by atoms with van der Waals surface area (Å²) in [6, 6.07) is 4.09. The van der Waals surface area contributed by atoms with Crippen LogP contribution in [0.1, 0.15) is 23.2 Å². The Morgan fingerprint density at radius 2 is 1.96 bits per heavy atom. The summed E-state index contributed by atoms with van der Waals surface area (Å²) < 4.78 is 18.5. The van der Waals surface area contributed by atoms with Crippen LogP contribution in [-0.4, -0.2) is 61.3 Å². The van der Waals surface area contributed by atoms with Gasteiger partial charge in [0.15, 0.2) is 17.3 Å². The molecule has 1 heterocycles. The van der Waals surface area contributed by atoms with Crippen LogP contribution in [-0.2, 0) is 4.79 Å². The van der Waals surface area contributed by atoms with E-state index in [1.807, 2.05) is 6.08 Å². The number of ether oxygens (including phenoxy) is 1. The molecule has 0 N–H and O–H groups in total. The standard InChI is InChI=1S/C18H23FN2O3/c1-3-8-20-9-11-21(12-10-20)18(23)7-5-16(22)14-4-6-17(24-2)15(19)13-14/h3-4,6,13H,1,5,7-12H2,2H3. The minimum Gasteiger partial charge on any atom is -0.494 e. The van der Waals surface area contributed by atoms with Crippen LogP contribution in [0.3, 0.4) is 0 Å². The summed E-state index contributed by atoms with van der Waals surface area (Å²) >= 11 is 0. The fourth-order valence-electron chi connectivity index (χ4n) is 2.73. The molecule has 0 aromatic heterocycles. The van der Waals surface area contributed by atoms with Crippen LogP contribution in [0.2, 0.25) is 0 Å². The van der Waals surface area contributed by atoms with Gasteiger partial charge in [-0.1, -0.05) is 6.08 Å². The highest BCUT2D eigenvalue weighted by Gasteiger charge is 2.21. The third-order valence-corrected chi connectivity index (χ3v) is 4.15. The van der Waals surface area contributed by atoms with Crippen molar-refractivity contribution in [3.05, 3.63) is 42.2 Å². The van der Waals surface area contributed by atoms with Gasteiger partial charge in [0.05, 0.1) is 7.11 Å². The van der Waals surface area contributed by atoms with Gasteiger partial charge in [-0.15, -0.1) is 6.58 Å². The Morgan fingerprint density at radius 3 is 2.54 bits per heavy atom. The molecule has 1 fully saturated rings. The first kappa shape index (κ1) is 18.1. The molecule has 130 valence electrons. The fourth-order valence-corrected chi connectivity index (χ4v) is 2.73. The smallest absolute Gasteiger partial charge is 0.223 e.